The van der Waals surface area contributed by atoms with Gasteiger partial charge in [0.05, 0.1) is 7.11 Å². The molecular weight excluding hydrogens is 366 g/mol. The van der Waals surface area contributed by atoms with Crippen LogP contribution >= 0.6 is 0 Å². The van der Waals surface area contributed by atoms with Gasteiger partial charge in [-0.05, 0) is 42.8 Å². The van der Waals surface area contributed by atoms with Gasteiger partial charge in [-0.1, -0.05) is 24.3 Å². The number of aryl methyl sites for hydroxylation is 1. The summed E-state index contributed by atoms with van der Waals surface area (Å²) in [5.74, 6) is 0.308. The Morgan fingerprint density at radius 3 is 2.52 bits per heavy atom. The van der Waals surface area contributed by atoms with Crippen LogP contribution in [-0.4, -0.2) is 18.9 Å². The van der Waals surface area contributed by atoms with Crippen molar-refractivity contribution in [3.8, 4) is 5.75 Å². The second-order valence-corrected chi connectivity index (χ2v) is 6.92. The van der Waals surface area contributed by atoms with Crippen molar-refractivity contribution >= 4 is 23.2 Å². The van der Waals surface area contributed by atoms with E-state index in [1.54, 1.807) is 36.3 Å². The number of fused-ring (bicyclic) bond motifs is 1. The molecular formula is C23H22N3O3+. The van der Waals surface area contributed by atoms with Crippen LogP contribution in [0.4, 0.5) is 11.4 Å². The average Bonchev–Trinajstić information content (AvgIpc) is 2.74. The number of para-hydroxylation sites is 1. The molecule has 1 N–H and O–H groups in total. The van der Waals surface area contributed by atoms with Crippen molar-refractivity contribution in [3.63, 3.8) is 0 Å². The fourth-order valence-electron chi connectivity index (χ4n) is 3.62. The number of hydrogen-bond acceptors (Lipinski definition) is 3. The summed E-state index contributed by atoms with van der Waals surface area (Å²) >= 11 is 0. The fraction of sp³-hybridized carbons (Fsp3) is 0.174. The molecule has 0 fully saturated rings. The van der Waals surface area contributed by atoms with Gasteiger partial charge >= 0.3 is 0 Å². The standard InChI is InChI=1S/C23H21N3O3/c1-16-7-3-4-8-19(16)26-21(27)15-25-14-6-5-9-20(25)22(26)23(28)24-17-10-12-18(29-2)13-11-17/h3-14,22H,15H2,1-2H3/p+1. The lowest BCUT2D eigenvalue weighted by atomic mass is 10.0. The highest BCUT2D eigenvalue weighted by Crippen LogP contribution is 2.32. The number of pyridine rings is 1. The zero-order valence-electron chi connectivity index (χ0n) is 16.3. The molecule has 6 heteroatoms. The Morgan fingerprint density at radius 2 is 1.79 bits per heavy atom. The summed E-state index contributed by atoms with van der Waals surface area (Å²) in [6, 6.07) is 19.6. The van der Waals surface area contributed by atoms with E-state index >= 15 is 0 Å². The molecule has 1 unspecified atom stereocenters. The highest BCUT2D eigenvalue weighted by atomic mass is 16.5. The fourth-order valence-corrected chi connectivity index (χ4v) is 3.62. The van der Waals surface area contributed by atoms with Crippen LogP contribution in [-0.2, 0) is 16.1 Å². The predicted molar refractivity (Wildman–Crippen MR) is 110 cm³/mol. The number of rotatable bonds is 4. The van der Waals surface area contributed by atoms with Crippen molar-refractivity contribution in [2.75, 3.05) is 17.3 Å². The van der Waals surface area contributed by atoms with E-state index in [1.807, 2.05) is 60.2 Å². The van der Waals surface area contributed by atoms with Gasteiger partial charge < -0.3 is 10.1 Å². The molecule has 3 aromatic rings. The molecule has 1 aliphatic rings. The Balaban J connectivity index is 1.75. The Hall–Kier alpha value is -3.67. The molecule has 0 saturated carbocycles. The van der Waals surface area contributed by atoms with Gasteiger partial charge in [0.2, 0.25) is 18.3 Å². The van der Waals surface area contributed by atoms with E-state index in [4.69, 9.17) is 4.74 Å². The Kier molecular flexibility index (Phi) is 4.99. The van der Waals surface area contributed by atoms with Crippen molar-refractivity contribution in [3.05, 3.63) is 84.2 Å². The maximum Gasteiger partial charge on any atom is 0.294 e. The number of aromatic nitrogens is 1. The maximum absolute atomic E-state index is 13.4. The van der Waals surface area contributed by atoms with Gasteiger partial charge in [0.25, 0.3) is 11.8 Å². The van der Waals surface area contributed by atoms with E-state index in [-0.39, 0.29) is 18.4 Å². The van der Waals surface area contributed by atoms with Crippen LogP contribution in [0.5, 0.6) is 5.75 Å². The monoisotopic (exact) mass is 388 g/mol. The van der Waals surface area contributed by atoms with Crippen molar-refractivity contribution in [1.29, 1.82) is 0 Å². The molecule has 0 spiro atoms. The molecule has 1 aromatic heterocycles. The summed E-state index contributed by atoms with van der Waals surface area (Å²) in [6.07, 6.45) is 1.83. The third-order valence-corrected chi connectivity index (χ3v) is 5.07. The maximum atomic E-state index is 13.4. The summed E-state index contributed by atoms with van der Waals surface area (Å²) in [4.78, 5) is 28.0. The van der Waals surface area contributed by atoms with Crippen LogP contribution in [0, 0.1) is 6.92 Å². The van der Waals surface area contributed by atoms with Crippen molar-refractivity contribution in [2.24, 2.45) is 0 Å². The lowest BCUT2D eigenvalue weighted by molar-refractivity contribution is -0.695. The van der Waals surface area contributed by atoms with Crippen LogP contribution in [0.15, 0.2) is 72.9 Å². The van der Waals surface area contributed by atoms with E-state index in [0.717, 1.165) is 16.9 Å². The first kappa shape index (κ1) is 18.7. The number of ether oxygens (including phenoxy) is 1. The summed E-state index contributed by atoms with van der Waals surface area (Å²) in [6.45, 7) is 2.13. The predicted octanol–water partition coefficient (Wildman–Crippen LogP) is 3.02. The number of carbonyl (C=O) groups excluding carboxylic acids is 2. The Morgan fingerprint density at radius 1 is 1.07 bits per heavy atom. The first-order chi connectivity index (χ1) is 14.1. The number of carbonyl (C=O) groups is 2. The minimum Gasteiger partial charge on any atom is -0.497 e. The number of amides is 2. The van der Waals surface area contributed by atoms with E-state index in [2.05, 4.69) is 5.32 Å². The number of hydrogen-bond donors (Lipinski definition) is 1. The lowest BCUT2D eigenvalue weighted by Crippen LogP contribution is -2.58. The van der Waals surface area contributed by atoms with E-state index in [0.29, 0.717) is 11.4 Å². The number of methoxy groups -OCH3 is 1. The molecule has 0 saturated heterocycles. The van der Waals surface area contributed by atoms with Crippen molar-refractivity contribution in [1.82, 2.24) is 0 Å². The first-order valence-electron chi connectivity index (χ1n) is 9.39. The van der Waals surface area contributed by atoms with E-state index < -0.39 is 6.04 Å². The molecule has 1 atom stereocenters. The summed E-state index contributed by atoms with van der Waals surface area (Å²) < 4.78 is 7.00. The molecule has 2 aromatic carbocycles. The molecule has 146 valence electrons. The molecule has 2 amide bonds. The molecule has 6 nitrogen and oxygen atoms in total. The number of nitrogens with zero attached hydrogens (tertiary/aromatic N) is 2. The van der Waals surface area contributed by atoms with Crippen molar-refractivity contribution in [2.45, 2.75) is 19.5 Å². The summed E-state index contributed by atoms with van der Waals surface area (Å²) in [5.41, 5.74) is 3.08. The number of nitrogens with one attached hydrogen (secondary N) is 1. The van der Waals surface area contributed by atoms with Crippen LogP contribution in [0.3, 0.4) is 0 Å². The molecule has 2 heterocycles. The van der Waals surface area contributed by atoms with Crippen LogP contribution in [0.1, 0.15) is 17.3 Å². The molecule has 0 aliphatic carbocycles. The third kappa shape index (κ3) is 3.57. The van der Waals surface area contributed by atoms with Crippen LogP contribution in [0.2, 0.25) is 0 Å². The number of benzene rings is 2. The van der Waals surface area contributed by atoms with Crippen molar-refractivity contribution < 1.29 is 18.9 Å². The van der Waals surface area contributed by atoms with Gasteiger partial charge in [0.15, 0.2) is 6.20 Å². The minimum atomic E-state index is -0.777. The van der Waals surface area contributed by atoms with Crippen LogP contribution < -0.4 is 19.5 Å². The Labute approximate surface area is 169 Å². The molecule has 29 heavy (non-hydrogen) atoms. The topological polar surface area (TPSA) is 62.5 Å². The molecule has 0 radical (unpaired) electrons. The zero-order valence-corrected chi connectivity index (χ0v) is 16.3. The van der Waals surface area contributed by atoms with Gasteiger partial charge in [-0.15, -0.1) is 0 Å². The van der Waals surface area contributed by atoms with E-state index in [1.165, 1.54) is 0 Å². The van der Waals surface area contributed by atoms with Gasteiger partial charge in [-0.2, -0.15) is 4.57 Å². The van der Waals surface area contributed by atoms with Gasteiger partial charge in [0, 0.05) is 23.5 Å². The largest absolute Gasteiger partial charge is 0.497 e. The highest BCUT2D eigenvalue weighted by Gasteiger charge is 2.44. The first-order valence-corrected chi connectivity index (χ1v) is 9.39. The normalized spacial score (nSPS) is 15.6. The summed E-state index contributed by atoms with van der Waals surface area (Å²) in [5, 5.41) is 2.94. The average molecular weight is 388 g/mol. The summed E-state index contributed by atoms with van der Waals surface area (Å²) in [7, 11) is 1.59. The third-order valence-electron chi connectivity index (χ3n) is 5.07. The molecule has 1 aliphatic heterocycles. The van der Waals surface area contributed by atoms with E-state index in [9.17, 15) is 9.59 Å². The van der Waals surface area contributed by atoms with Gasteiger partial charge in [-0.3, -0.25) is 14.5 Å². The zero-order chi connectivity index (χ0) is 20.4. The highest BCUT2D eigenvalue weighted by molar-refractivity contribution is 6.05. The minimum absolute atomic E-state index is 0.127. The number of anilines is 2. The molecule has 0 bridgehead atoms. The quantitative estimate of drug-likeness (QED) is 0.699. The SMILES string of the molecule is COc1ccc(NC(=O)C2c3cccc[n+]3CC(=O)N2c2ccccc2C)cc1. The smallest absolute Gasteiger partial charge is 0.294 e. The van der Waals surface area contributed by atoms with Gasteiger partial charge in [0.1, 0.15) is 5.75 Å². The Bertz CT molecular complexity index is 1060. The van der Waals surface area contributed by atoms with Crippen LogP contribution in [0.25, 0.3) is 0 Å². The second kappa shape index (κ2) is 7.75. The lowest BCUT2D eigenvalue weighted by Gasteiger charge is -2.33. The molecule has 4 rings (SSSR count). The second-order valence-electron chi connectivity index (χ2n) is 6.92. The van der Waals surface area contributed by atoms with Gasteiger partial charge in [-0.25, -0.2) is 0 Å².